The van der Waals surface area contributed by atoms with Crippen LogP contribution in [0.1, 0.15) is 25.8 Å². The highest BCUT2D eigenvalue weighted by atomic mass is 32.2. The lowest BCUT2D eigenvalue weighted by Gasteiger charge is -2.19. The number of hydrogen-bond donors (Lipinski definition) is 3. The summed E-state index contributed by atoms with van der Waals surface area (Å²) in [6.45, 7) is 3.73. The number of hydrogen-bond acceptors (Lipinski definition) is 6. The number of aliphatic imine (C=N–C) groups is 1. The summed E-state index contributed by atoms with van der Waals surface area (Å²) in [4.78, 5) is 29.5. The van der Waals surface area contributed by atoms with E-state index in [0.717, 1.165) is 0 Å². The molecule has 0 spiro atoms. The molecule has 0 radical (unpaired) electrons. The Morgan fingerprint density at radius 2 is 1.78 bits per heavy atom. The van der Waals surface area contributed by atoms with Gasteiger partial charge in [0.1, 0.15) is 18.5 Å². The third kappa shape index (κ3) is 5.32. The fraction of sp³-hybridized carbons (Fsp3) is 0.318. The molecule has 1 aliphatic heterocycles. The lowest BCUT2D eigenvalue weighted by Crippen LogP contribution is -2.34. The minimum atomic E-state index is -3.70. The number of sulfonamides is 1. The Morgan fingerprint density at radius 1 is 1.09 bits per heavy atom. The number of fused-ring (bicyclic) bond motifs is 1. The van der Waals surface area contributed by atoms with E-state index in [1.54, 1.807) is 42.5 Å². The summed E-state index contributed by atoms with van der Waals surface area (Å²) in [6, 6.07) is 12.4. The lowest BCUT2D eigenvalue weighted by atomic mass is 9.98. The predicted molar refractivity (Wildman–Crippen MR) is 122 cm³/mol. The number of benzene rings is 2. The van der Waals surface area contributed by atoms with E-state index in [-0.39, 0.29) is 35.1 Å². The first kappa shape index (κ1) is 23.4. The third-order valence-corrected chi connectivity index (χ3v) is 6.47. The van der Waals surface area contributed by atoms with Crippen LogP contribution < -0.4 is 15.4 Å². The summed E-state index contributed by atoms with van der Waals surface area (Å²) in [5.74, 6) is -0.686. The van der Waals surface area contributed by atoms with Crippen LogP contribution in [-0.2, 0) is 24.3 Å². The second-order valence-corrected chi connectivity index (χ2v) is 9.11. The van der Waals surface area contributed by atoms with Gasteiger partial charge < -0.3 is 15.4 Å². The van der Waals surface area contributed by atoms with Crippen molar-refractivity contribution in [1.82, 2.24) is 4.72 Å². The highest BCUT2D eigenvalue weighted by Crippen LogP contribution is 2.25. The van der Waals surface area contributed by atoms with Crippen LogP contribution in [0.3, 0.4) is 0 Å². The molecular weight excluding hydrogens is 432 g/mol. The molecule has 0 saturated heterocycles. The Balaban J connectivity index is 1.85. The van der Waals surface area contributed by atoms with Crippen molar-refractivity contribution < 1.29 is 22.7 Å². The Morgan fingerprint density at radius 3 is 2.47 bits per heavy atom. The molecule has 0 fully saturated rings. The first-order valence-electron chi connectivity index (χ1n) is 10.1. The van der Waals surface area contributed by atoms with Gasteiger partial charge in [-0.2, -0.15) is 0 Å². The normalized spacial score (nSPS) is 17.2. The van der Waals surface area contributed by atoms with E-state index in [2.05, 4.69) is 20.3 Å². The van der Waals surface area contributed by atoms with E-state index in [4.69, 9.17) is 4.74 Å². The number of nitrogens with zero attached hydrogens (tertiary/aromatic N) is 1. The number of amidine groups is 1. The van der Waals surface area contributed by atoms with Crippen molar-refractivity contribution >= 4 is 39.0 Å². The summed E-state index contributed by atoms with van der Waals surface area (Å²) in [5, 5.41) is 5.49. The smallest absolute Gasteiger partial charge is 0.263 e. The van der Waals surface area contributed by atoms with Crippen molar-refractivity contribution in [2.75, 3.05) is 24.4 Å². The zero-order valence-electron chi connectivity index (χ0n) is 18.1. The van der Waals surface area contributed by atoms with Crippen molar-refractivity contribution in [2.24, 2.45) is 10.9 Å². The molecule has 32 heavy (non-hydrogen) atoms. The van der Waals surface area contributed by atoms with Gasteiger partial charge >= 0.3 is 0 Å². The third-order valence-electron chi connectivity index (χ3n) is 5.07. The molecule has 9 nitrogen and oxygen atoms in total. The fourth-order valence-electron chi connectivity index (χ4n) is 3.26. The average molecular weight is 459 g/mol. The van der Waals surface area contributed by atoms with Gasteiger partial charge in [-0.25, -0.2) is 8.42 Å². The Hall–Kier alpha value is -3.24. The predicted octanol–water partition coefficient (Wildman–Crippen LogP) is 2.36. The Bertz CT molecular complexity index is 1150. The van der Waals surface area contributed by atoms with Gasteiger partial charge in [0.2, 0.25) is 11.8 Å². The lowest BCUT2D eigenvalue weighted by molar-refractivity contribution is -0.120. The first-order valence-corrected chi connectivity index (χ1v) is 11.6. The van der Waals surface area contributed by atoms with Crippen LogP contribution in [0.2, 0.25) is 0 Å². The highest BCUT2D eigenvalue weighted by Gasteiger charge is 2.33. The standard InChI is InChI=1S/C22H26N4O5S/c1-4-14(2)20(25-21-17-10-5-6-11-18(17)32(29,30)26-21)22(28)24-16-9-7-8-15(12-16)23-19(27)13-31-3/h5-12,14,20H,4,13H2,1-3H3,(H,23,27)(H,24,28)(H,25,26)/t14-,20-/m0/s1. The number of rotatable bonds is 8. The van der Waals surface area contributed by atoms with Crippen LogP contribution >= 0.6 is 0 Å². The van der Waals surface area contributed by atoms with E-state index in [9.17, 15) is 18.0 Å². The van der Waals surface area contributed by atoms with E-state index < -0.39 is 16.1 Å². The molecule has 0 aliphatic carbocycles. The SMILES string of the molecule is CC[C@H](C)[C@H](N=C1NS(=O)(=O)c2ccccc21)C(=O)Nc1cccc(NC(=O)COC)c1. The van der Waals surface area contributed by atoms with Crippen molar-refractivity contribution in [3.05, 3.63) is 54.1 Å². The zero-order chi connectivity index (χ0) is 23.3. The minimum absolute atomic E-state index is 0.0818. The monoisotopic (exact) mass is 458 g/mol. The molecule has 3 rings (SSSR count). The number of ether oxygens (including phenoxy) is 1. The number of anilines is 2. The number of nitrogens with one attached hydrogen (secondary N) is 3. The van der Waals surface area contributed by atoms with Gasteiger partial charge in [0.15, 0.2) is 0 Å². The fourth-order valence-corrected chi connectivity index (χ4v) is 4.49. The summed E-state index contributed by atoms with van der Waals surface area (Å²) in [5.41, 5.74) is 1.43. The van der Waals surface area contributed by atoms with Crippen LogP contribution in [-0.4, -0.2) is 45.8 Å². The first-order chi connectivity index (χ1) is 15.2. The molecular formula is C22H26N4O5S. The largest absolute Gasteiger partial charge is 0.375 e. The highest BCUT2D eigenvalue weighted by molar-refractivity contribution is 7.90. The Kier molecular flexibility index (Phi) is 7.26. The van der Waals surface area contributed by atoms with Crippen molar-refractivity contribution in [2.45, 2.75) is 31.2 Å². The molecule has 1 aliphatic rings. The minimum Gasteiger partial charge on any atom is -0.375 e. The molecule has 2 atom stereocenters. The topological polar surface area (TPSA) is 126 Å². The zero-order valence-corrected chi connectivity index (χ0v) is 18.9. The van der Waals surface area contributed by atoms with Gasteiger partial charge in [0.25, 0.3) is 10.0 Å². The van der Waals surface area contributed by atoms with Crippen LogP contribution in [0.5, 0.6) is 0 Å². The van der Waals surface area contributed by atoms with Crippen molar-refractivity contribution in [1.29, 1.82) is 0 Å². The Labute approximate surface area is 187 Å². The number of carbonyl (C=O) groups excluding carboxylic acids is 2. The molecule has 2 amide bonds. The second kappa shape index (κ2) is 9.92. The molecule has 0 saturated carbocycles. The quantitative estimate of drug-likeness (QED) is 0.560. The van der Waals surface area contributed by atoms with Gasteiger partial charge in [0.05, 0.1) is 4.90 Å². The molecule has 2 aromatic carbocycles. The van der Waals surface area contributed by atoms with Crippen LogP contribution in [0, 0.1) is 5.92 Å². The molecule has 3 N–H and O–H groups in total. The average Bonchev–Trinajstić information content (AvgIpc) is 3.02. The summed E-state index contributed by atoms with van der Waals surface area (Å²) < 4.78 is 32.0. The number of methoxy groups -OCH3 is 1. The molecule has 1 heterocycles. The molecule has 0 unspecified atom stereocenters. The summed E-state index contributed by atoms with van der Waals surface area (Å²) >= 11 is 0. The molecule has 10 heteroatoms. The van der Waals surface area contributed by atoms with Crippen molar-refractivity contribution in [3.8, 4) is 0 Å². The maximum atomic E-state index is 13.1. The van der Waals surface area contributed by atoms with E-state index >= 15 is 0 Å². The summed E-state index contributed by atoms with van der Waals surface area (Å²) in [7, 11) is -2.28. The van der Waals surface area contributed by atoms with Crippen LogP contribution in [0.4, 0.5) is 11.4 Å². The van der Waals surface area contributed by atoms with Gasteiger partial charge in [-0.05, 0) is 36.2 Å². The van der Waals surface area contributed by atoms with Gasteiger partial charge in [0, 0.05) is 24.0 Å². The second-order valence-electron chi connectivity index (χ2n) is 7.46. The molecule has 0 aromatic heterocycles. The number of carbonyl (C=O) groups is 2. The molecule has 2 aromatic rings. The maximum absolute atomic E-state index is 13.1. The number of amides is 2. The van der Waals surface area contributed by atoms with E-state index in [1.165, 1.54) is 13.2 Å². The molecule has 170 valence electrons. The van der Waals surface area contributed by atoms with E-state index in [1.807, 2.05) is 13.8 Å². The van der Waals surface area contributed by atoms with Crippen LogP contribution in [0.25, 0.3) is 0 Å². The van der Waals surface area contributed by atoms with Crippen LogP contribution in [0.15, 0.2) is 58.4 Å². The van der Waals surface area contributed by atoms with Gasteiger partial charge in [-0.3, -0.25) is 19.3 Å². The van der Waals surface area contributed by atoms with Gasteiger partial charge in [-0.1, -0.05) is 38.5 Å². The maximum Gasteiger partial charge on any atom is 0.263 e. The molecule has 0 bridgehead atoms. The van der Waals surface area contributed by atoms with Gasteiger partial charge in [-0.15, -0.1) is 0 Å². The van der Waals surface area contributed by atoms with E-state index in [0.29, 0.717) is 23.4 Å². The summed E-state index contributed by atoms with van der Waals surface area (Å²) in [6.07, 6.45) is 0.663. The van der Waals surface area contributed by atoms with Crippen molar-refractivity contribution in [3.63, 3.8) is 0 Å².